The smallest absolute Gasteiger partial charge is 0.254 e. The van der Waals surface area contributed by atoms with Gasteiger partial charge >= 0.3 is 0 Å². The first kappa shape index (κ1) is 12.3. The second kappa shape index (κ2) is 4.41. The van der Waals surface area contributed by atoms with Gasteiger partial charge in [-0.2, -0.15) is 0 Å². The number of nitrogens with one attached hydrogen (secondary N) is 1. The molecule has 1 amide bonds. The molecule has 0 spiro atoms. The van der Waals surface area contributed by atoms with Crippen molar-refractivity contribution in [2.75, 3.05) is 13.1 Å². The highest BCUT2D eigenvalue weighted by atomic mass is 16.2. The number of amides is 1. The fraction of sp³-hybridized carbons (Fsp3) is 0.438. The van der Waals surface area contributed by atoms with Gasteiger partial charge < -0.3 is 9.88 Å². The summed E-state index contributed by atoms with van der Waals surface area (Å²) >= 11 is 0. The number of rotatable bonds is 1. The van der Waals surface area contributed by atoms with Crippen molar-refractivity contribution in [3.05, 3.63) is 36.0 Å². The maximum atomic E-state index is 12.6. The van der Waals surface area contributed by atoms with E-state index >= 15 is 0 Å². The van der Waals surface area contributed by atoms with Crippen LogP contribution in [0.25, 0.3) is 10.9 Å². The summed E-state index contributed by atoms with van der Waals surface area (Å²) in [5.41, 5.74) is 2.22. The van der Waals surface area contributed by atoms with Gasteiger partial charge in [0.2, 0.25) is 0 Å². The lowest BCUT2D eigenvalue weighted by atomic mass is 9.82. The first-order chi connectivity index (χ1) is 9.07. The predicted molar refractivity (Wildman–Crippen MR) is 77.2 cm³/mol. The predicted octanol–water partition coefficient (Wildman–Crippen LogP) is 3.43. The Morgan fingerprint density at radius 2 is 1.95 bits per heavy atom. The third-order valence-electron chi connectivity index (χ3n) is 4.23. The number of fused-ring (bicyclic) bond motifs is 1. The lowest BCUT2D eigenvalue weighted by Gasteiger charge is -2.37. The van der Waals surface area contributed by atoms with Gasteiger partial charge in [-0.05, 0) is 36.5 Å². The Kier molecular flexibility index (Phi) is 2.85. The standard InChI is InChI=1S/C16H20N2O/c1-16(2)7-10-18(11-8-16)15(19)13-4-3-5-14-12(13)6-9-17-14/h3-6,9,17H,7-8,10-11H2,1-2H3. The van der Waals surface area contributed by atoms with Crippen molar-refractivity contribution in [1.29, 1.82) is 0 Å². The molecule has 1 aromatic carbocycles. The molecule has 0 radical (unpaired) electrons. The van der Waals surface area contributed by atoms with E-state index < -0.39 is 0 Å². The normalized spacial score (nSPS) is 18.7. The van der Waals surface area contributed by atoms with Gasteiger partial charge in [-0.25, -0.2) is 0 Å². The van der Waals surface area contributed by atoms with E-state index in [4.69, 9.17) is 0 Å². The van der Waals surface area contributed by atoms with E-state index in [-0.39, 0.29) is 5.91 Å². The molecule has 3 nitrogen and oxygen atoms in total. The van der Waals surface area contributed by atoms with Gasteiger partial charge in [-0.15, -0.1) is 0 Å². The molecule has 0 unspecified atom stereocenters. The van der Waals surface area contributed by atoms with Crippen LogP contribution in [0.1, 0.15) is 37.0 Å². The molecule has 100 valence electrons. The molecule has 1 aliphatic heterocycles. The van der Waals surface area contributed by atoms with E-state index in [0.29, 0.717) is 5.41 Å². The number of benzene rings is 1. The first-order valence-corrected chi connectivity index (χ1v) is 6.92. The number of likely N-dealkylation sites (tertiary alicyclic amines) is 1. The molecule has 1 saturated heterocycles. The Morgan fingerprint density at radius 1 is 1.21 bits per heavy atom. The Morgan fingerprint density at radius 3 is 2.68 bits per heavy atom. The topological polar surface area (TPSA) is 36.1 Å². The number of carbonyl (C=O) groups is 1. The van der Waals surface area contributed by atoms with E-state index in [1.807, 2.05) is 35.4 Å². The zero-order valence-electron chi connectivity index (χ0n) is 11.6. The summed E-state index contributed by atoms with van der Waals surface area (Å²) in [6.45, 7) is 6.29. The third-order valence-corrected chi connectivity index (χ3v) is 4.23. The summed E-state index contributed by atoms with van der Waals surface area (Å²) in [7, 11) is 0. The summed E-state index contributed by atoms with van der Waals surface area (Å²) in [6.07, 6.45) is 4.06. The summed E-state index contributed by atoms with van der Waals surface area (Å²) in [4.78, 5) is 17.8. The van der Waals surface area contributed by atoms with Crippen molar-refractivity contribution in [1.82, 2.24) is 9.88 Å². The van der Waals surface area contributed by atoms with Crippen LogP contribution in [0.5, 0.6) is 0 Å². The molecule has 0 atom stereocenters. The second-order valence-electron chi connectivity index (χ2n) is 6.20. The van der Waals surface area contributed by atoms with Gasteiger partial charge in [0.15, 0.2) is 0 Å². The molecule has 1 aromatic heterocycles. The SMILES string of the molecule is CC1(C)CCN(C(=O)c2cccc3[nH]ccc23)CC1. The van der Waals surface area contributed by atoms with Crippen molar-refractivity contribution >= 4 is 16.8 Å². The Labute approximate surface area is 113 Å². The zero-order valence-corrected chi connectivity index (χ0v) is 11.6. The van der Waals surface area contributed by atoms with Gasteiger partial charge in [-0.1, -0.05) is 19.9 Å². The summed E-state index contributed by atoms with van der Waals surface area (Å²) in [6, 6.07) is 7.86. The van der Waals surface area contributed by atoms with Gasteiger partial charge in [0.05, 0.1) is 0 Å². The third kappa shape index (κ3) is 2.25. The Bertz CT molecular complexity index is 602. The molecule has 2 aromatic rings. The lowest BCUT2D eigenvalue weighted by Crippen LogP contribution is -2.41. The molecule has 3 rings (SSSR count). The van der Waals surface area contributed by atoms with E-state index in [9.17, 15) is 4.79 Å². The maximum Gasteiger partial charge on any atom is 0.254 e. The number of hydrogen-bond acceptors (Lipinski definition) is 1. The Hall–Kier alpha value is -1.77. The second-order valence-corrected chi connectivity index (χ2v) is 6.20. The van der Waals surface area contributed by atoms with Crippen LogP contribution in [0.4, 0.5) is 0 Å². The van der Waals surface area contributed by atoms with Crippen LogP contribution in [0.2, 0.25) is 0 Å². The van der Waals surface area contributed by atoms with E-state index in [1.165, 1.54) is 0 Å². The summed E-state index contributed by atoms with van der Waals surface area (Å²) < 4.78 is 0. The molecule has 1 aliphatic rings. The van der Waals surface area contributed by atoms with Crippen LogP contribution in [-0.2, 0) is 0 Å². The average molecular weight is 256 g/mol. The van der Waals surface area contributed by atoms with Gasteiger partial charge in [-0.3, -0.25) is 4.79 Å². The average Bonchev–Trinajstić information content (AvgIpc) is 2.86. The van der Waals surface area contributed by atoms with E-state index in [1.54, 1.807) is 0 Å². The van der Waals surface area contributed by atoms with Crippen LogP contribution >= 0.6 is 0 Å². The van der Waals surface area contributed by atoms with Crippen molar-refractivity contribution in [3.8, 4) is 0 Å². The zero-order chi connectivity index (χ0) is 13.5. The molecule has 0 aliphatic carbocycles. The first-order valence-electron chi connectivity index (χ1n) is 6.92. The number of carbonyl (C=O) groups excluding carboxylic acids is 1. The number of aromatic amines is 1. The van der Waals surface area contributed by atoms with E-state index in [0.717, 1.165) is 42.4 Å². The minimum atomic E-state index is 0.167. The van der Waals surface area contributed by atoms with Gasteiger partial charge in [0.25, 0.3) is 5.91 Å². The quantitative estimate of drug-likeness (QED) is 0.833. The fourth-order valence-electron chi connectivity index (χ4n) is 2.76. The minimum absolute atomic E-state index is 0.167. The molecule has 0 saturated carbocycles. The van der Waals surface area contributed by atoms with E-state index in [2.05, 4.69) is 18.8 Å². The molecule has 1 N–H and O–H groups in total. The highest BCUT2D eigenvalue weighted by molar-refractivity contribution is 6.06. The van der Waals surface area contributed by atoms with Crippen LogP contribution in [0, 0.1) is 5.41 Å². The molecule has 19 heavy (non-hydrogen) atoms. The van der Waals surface area contributed by atoms with Crippen molar-refractivity contribution in [3.63, 3.8) is 0 Å². The lowest BCUT2D eigenvalue weighted by molar-refractivity contribution is 0.0632. The van der Waals surface area contributed by atoms with Crippen LogP contribution in [-0.4, -0.2) is 28.9 Å². The van der Waals surface area contributed by atoms with Crippen molar-refractivity contribution in [2.45, 2.75) is 26.7 Å². The van der Waals surface area contributed by atoms with Crippen molar-refractivity contribution in [2.24, 2.45) is 5.41 Å². The van der Waals surface area contributed by atoms with Gasteiger partial charge in [0.1, 0.15) is 0 Å². The molecule has 2 heterocycles. The summed E-state index contributed by atoms with van der Waals surface area (Å²) in [5, 5.41) is 1.03. The fourth-order valence-corrected chi connectivity index (χ4v) is 2.76. The molecular formula is C16H20N2O. The van der Waals surface area contributed by atoms with Crippen LogP contribution in [0.15, 0.2) is 30.5 Å². The number of nitrogens with zero attached hydrogens (tertiary/aromatic N) is 1. The number of aromatic nitrogens is 1. The monoisotopic (exact) mass is 256 g/mol. The highest BCUT2D eigenvalue weighted by Gasteiger charge is 2.28. The minimum Gasteiger partial charge on any atom is -0.361 e. The number of H-pyrrole nitrogens is 1. The summed E-state index contributed by atoms with van der Waals surface area (Å²) in [5.74, 6) is 0.167. The molecule has 0 bridgehead atoms. The maximum absolute atomic E-state index is 12.6. The molecule has 1 fully saturated rings. The van der Waals surface area contributed by atoms with Gasteiger partial charge in [0, 0.05) is 35.8 Å². The molecule has 3 heteroatoms. The highest BCUT2D eigenvalue weighted by Crippen LogP contribution is 2.31. The van der Waals surface area contributed by atoms with Crippen molar-refractivity contribution < 1.29 is 4.79 Å². The van der Waals surface area contributed by atoms with Crippen LogP contribution in [0.3, 0.4) is 0 Å². The number of hydrogen-bond donors (Lipinski definition) is 1. The largest absolute Gasteiger partial charge is 0.361 e. The number of piperidine rings is 1. The Balaban J connectivity index is 1.87. The van der Waals surface area contributed by atoms with Crippen LogP contribution < -0.4 is 0 Å². The molecular weight excluding hydrogens is 236 g/mol.